The van der Waals surface area contributed by atoms with E-state index in [2.05, 4.69) is 5.32 Å². The van der Waals surface area contributed by atoms with E-state index in [0.29, 0.717) is 11.4 Å². The van der Waals surface area contributed by atoms with Crippen LogP contribution in [-0.4, -0.2) is 30.0 Å². The number of anilines is 1. The number of halogens is 1. The number of non-ortho nitro benzene ring substituents is 1. The average molecular weight is 379 g/mol. The quantitative estimate of drug-likeness (QED) is 0.468. The van der Waals surface area contributed by atoms with E-state index in [1.54, 1.807) is 24.3 Å². The van der Waals surface area contributed by atoms with E-state index in [0.717, 1.165) is 12.1 Å². The molecule has 2 rings (SSSR count). The maximum atomic E-state index is 12.2. The first-order valence-electron chi connectivity index (χ1n) is 7.42. The Kier molecular flexibility index (Phi) is 6.13. The molecule has 0 saturated carbocycles. The Hall–Kier alpha value is -3.13. The van der Waals surface area contributed by atoms with Gasteiger partial charge in [-0.05, 0) is 25.1 Å². The first kappa shape index (κ1) is 19.2. The van der Waals surface area contributed by atoms with Crippen molar-refractivity contribution in [3.05, 3.63) is 63.2 Å². The number of nitrogens with zero attached hydrogens (tertiary/aromatic N) is 1. The summed E-state index contributed by atoms with van der Waals surface area (Å²) in [4.78, 5) is 34.4. The van der Waals surface area contributed by atoms with Crippen LogP contribution in [0.2, 0.25) is 5.02 Å². The molecule has 0 aromatic heterocycles. The van der Waals surface area contributed by atoms with Crippen molar-refractivity contribution in [3.8, 4) is 5.75 Å². The zero-order chi connectivity index (χ0) is 19.3. The topological polar surface area (TPSA) is 108 Å². The Bertz CT molecular complexity index is 855. The minimum Gasteiger partial charge on any atom is -0.495 e. The fraction of sp³-hybridized carbons (Fsp3) is 0.176. The minimum atomic E-state index is -1.13. The van der Waals surface area contributed by atoms with E-state index in [1.807, 2.05) is 0 Å². The third-order valence-corrected chi connectivity index (χ3v) is 3.71. The number of carbonyl (C=O) groups excluding carboxylic acids is 2. The van der Waals surface area contributed by atoms with Crippen LogP contribution in [0.5, 0.6) is 5.75 Å². The minimum absolute atomic E-state index is 0.0748. The Morgan fingerprint density at radius 2 is 1.92 bits per heavy atom. The van der Waals surface area contributed by atoms with Crippen LogP contribution in [0.4, 0.5) is 11.4 Å². The van der Waals surface area contributed by atoms with Gasteiger partial charge in [0.15, 0.2) is 6.10 Å². The van der Waals surface area contributed by atoms with Gasteiger partial charge in [-0.3, -0.25) is 14.9 Å². The van der Waals surface area contributed by atoms with Crippen LogP contribution in [0.1, 0.15) is 17.3 Å². The van der Waals surface area contributed by atoms with Crippen molar-refractivity contribution in [2.45, 2.75) is 13.0 Å². The van der Waals surface area contributed by atoms with Gasteiger partial charge in [-0.2, -0.15) is 0 Å². The lowest BCUT2D eigenvalue weighted by Crippen LogP contribution is -2.30. The van der Waals surface area contributed by atoms with E-state index in [1.165, 1.54) is 20.1 Å². The van der Waals surface area contributed by atoms with Gasteiger partial charge in [0.05, 0.1) is 28.3 Å². The fourth-order valence-electron chi connectivity index (χ4n) is 2.04. The summed E-state index contributed by atoms with van der Waals surface area (Å²) in [6.07, 6.45) is -1.13. The summed E-state index contributed by atoms with van der Waals surface area (Å²) in [6, 6.07) is 10.1. The molecule has 26 heavy (non-hydrogen) atoms. The molecule has 9 heteroatoms. The van der Waals surface area contributed by atoms with E-state index >= 15 is 0 Å². The Balaban J connectivity index is 2.06. The standard InChI is InChI=1S/C17H15ClN2O6/c1-10(16(21)19-14-5-3-4-6-15(14)25-2)26-17(22)12-8-7-11(20(23)24)9-13(12)18/h3-10H,1-2H3,(H,19,21). The van der Waals surface area contributed by atoms with Crippen molar-refractivity contribution < 1.29 is 24.0 Å². The van der Waals surface area contributed by atoms with Gasteiger partial charge in [0.1, 0.15) is 5.75 Å². The average Bonchev–Trinajstić information content (AvgIpc) is 2.61. The lowest BCUT2D eigenvalue weighted by atomic mass is 10.2. The summed E-state index contributed by atoms with van der Waals surface area (Å²) in [6.45, 7) is 1.39. The number of nitro benzene ring substituents is 1. The number of amides is 1. The van der Waals surface area contributed by atoms with Crippen LogP contribution < -0.4 is 10.1 Å². The van der Waals surface area contributed by atoms with Crippen LogP contribution in [0.3, 0.4) is 0 Å². The molecule has 0 aliphatic heterocycles. The number of nitrogens with one attached hydrogen (secondary N) is 1. The number of ether oxygens (including phenoxy) is 2. The highest BCUT2D eigenvalue weighted by molar-refractivity contribution is 6.33. The van der Waals surface area contributed by atoms with Gasteiger partial charge in [-0.1, -0.05) is 23.7 Å². The molecule has 1 N–H and O–H groups in total. The summed E-state index contributed by atoms with van der Waals surface area (Å²) >= 11 is 5.88. The van der Waals surface area contributed by atoms with Crippen LogP contribution in [0, 0.1) is 10.1 Å². The molecule has 0 heterocycles. The molecular formula is C17H15ClN2O6. The molecule has 2 aromatic rings. The number of hydrogen-bond donors (Lipinski definition) is 1. The maximum Gasteiger partial charge on any atom is 0.340 e. The summed E-state index contributed by atoms with van der Waals surface area (Å²) in [7, 11) is 1.46. The second-order valence-electron chi connectivity index (χ2n) is 5.16. The van der Waals surface area contributed by atoms with E-state index in [4.69, 9.17) is 21.1 Å². The van der Waals surface area contributed by atoms with Crippen LogP contribution in [-0.2, 0) is 9.53 Å². The largest absolute Gasteiger partial charge is 0.495 e. The van der Waals surface area contributed by atoms with Gasteiger partial charge in [-0.15, -0.1) is 0 Å². The molecule has 0 aliphatic carbocycles. The molecule has 0 saturated heterocycles. The van der Waals surface area contributed by atoms with Gasteiger partial charge in [-0.25, -0.2) is 4.79 Å². The van der Waals surface area contributed by atoms with Gasteiger partial charge in [0.25, 0.3) is 11.6 Å². The van der Waals surface area contributed by atoms with Gasteiger partial charge in [0.2, 0.25) is 0 Å². The lowest BCUT2D eigenvalue weighted by Gasteiger charge is -2.15. The first-order valence-corrected chi connectivity index (χ1v) is 7.80. The van der Waals surface area contributed by atoms with E-state index in [-0.39, 0.29) is 16.3 Å². The highest BCUT2D eigenvalue weighted by Crippen LogP contribution is 2.25. The molecule has 2 aromatic carbocycles. The number of rotatable bonds is 6. The fourth-order valence-corrected chi connectivity index (χ4v) is 2.29. The van der Waals surface area contributed by atoms with Crippen LogP contribution in [0.15, 0.2) is 42.5 Å². The van der Waals surface area contributed by atoms with Crippen molar-refractivity contribution in [2.24, 2.45) is 0 Å². The predicted molar refractivity (Wildman–Crippen MR) is 94.6 cm³/mol. The van der Waals surface area contributed by atoms with E-state index in [9.17, 15) is 19.7 Å². The van der Waals surface area contributed by atoms with Crippen molar-refractivity contribution in [1.82, 2.24) is 0 Å². The molecule has 136 valence electrons. The molecular weight excluding hydrogens is 364 g/mol. The molecule has 0 radical (unpaired) electrons. The smallest absolute Gasteiger partial charge is 0.340 e. The SMILES string of the molecule is COc1ccccc1NC(=O)C(C)OC(=O)c1ccc([N+](=O)[O-])cc1Cl. The highest BCUT2D eigenvalue weighted by Gasteiger charge is 2.22. The molecule has 0 aliphatic rings. The predicted octanol–water partition coefficient (Wildman–Crippen LogP) is 3.44. The third kappa shape index (κ3) is 4.48. The van der Waals surface area contributed by atoms with Crippen molar-refractivity contribution in [3.63, 3.8) is 0 Å². The number of para-hydroxylation sites is 2. The third-order valence-electron chi connectivity index (χ3n) is 3.40. The number of carbonyl (C=O) groups is 2. The van der Waals surface area contributed by atoms with Crippen LogP contribution in [0.25, 0.3) is 0 Å². The second-order valence-corrected chi connectivity index (χ2v) is 5.57. The zero-order valence-electron chi connectivity index (χ0n) is 13.9. The summed E-state index contributed by atoms with van der Waals surface area (Å²) < 4.78 is 10.2. The van der Waals surface area contributed by atoms with Gasteiger partial charge < -0.3 is 14.8 Å². The number of methoxy groups -OCH3 is 1. The van der Waals surface area contributed by atoms with Gasteiger partial charge in [0, 0.05) is 12.1 Å². The molecule has 1 amide bonds. The molecule has 0 spiro atoms. The summed E-state index contributed by atoms with van der Waals surface area (Å²) in [5.74, 6) is -0.980. The number of nitro groups is 1. The maximum absolute atomic E-state index is 12.2. The second kappa shape index (κ2) is 8.30. The van der Waals surface area contributed by atoms with E-state index < -0.39 is 22.9 Å². The number of esters is 1. The monoisotopic (exact) mass is 378 g/mol. The molecule has 1 unspecified atom stereocenters. The van der Waals surface area contributed by atoms with Crippen molar-refractivity contribution in [1.29, 1.82) is 0 Å². The first-order chi connectivity index (χ1) is 12.3. The Morgan fingerprint density at radius 3 is 2.54 bits per heavy atom. The number of hydrogen-bond acceptors (Lipinski definition) is 6. The summed E-state index contributed by atoms with van der Waals surface area (Å²) in [5.41, 5.74) is 0.0963. The Labute approximate surface area is 153 Å². The zero-order valence-corrected chi connectivity index (χ0v) is 14.6. The highest BCUT2D eigenvalue weighted by atomic mass is 35.5. The molecule has 8 nitrogen and oxygen atoms in total. The number of benzene rings is 2. The summed E-state index contributed by atoms with van der Waals surface area (Å²) in [5, 5.41) is 13.2. The molecule has 0 fully saturated rings. The van der Waals surface area contributed by atoms with Crippen molar-refractivity contribution >= 4 is 34.9 Å². The molecule has 1 atom stereocenters. The Morgan fingerprint density at radius 1 is 1.23 bits per heavy atom. The van der Waals surface area contributed by atoms with Gasteiger partial charge >= 0.3 is 5.97 Å². The van der Waals surface area contributed by atoms with Crippen molar-refractivity contribution in [2.75, 3.05) is 12.4 Å². The normalized spacial score (nSPS) is 11.3. The van der Waals surface area contributed by atoms with Crippen LogP contribution >= 0.6 is 11.6 Å². The lowest BCUT2D eigenvalue weighted by molar-refractivity contribution is -0.384. The molecule has 0 bridgehead atoms.